The van der Waals surface area contributed by atoms with Crippen LogP contribution in [0.5, 0.6) is 5.75 Å². The van der Waals surface area contributed by atoms with Crippen molar-refractivity contribution in [3.63, 3.8) is 0 Å². The molecule has 0 saturated carbocycles. The highest BCUT2D eigenvalue weighted by Gasteiger charge is 2.43. The Morgan fingerprint density at radius 1 is 1.12 bits per heavy atom. The summed E-state index contributed by atoms with van der Waals surface area (Å²) in [6.07, 6.45) is 9.28. The van der Waals surface area contributed by atoms with Gasteiger partial charge in [-0.2, -0.15) is 0 Å². The molecular weight excluding hydrogens is 535 g/mol. The molecule has 7 heterocycles. The number of halogens is 1. The van der Waals surface area contributed by atoms with Crippen molar-refractivity contribution in [3.8, 4) is 28.8 Å². The second kappa shape index (κ2) is 9.55. The van der Waals surface area contributed by atoms with E-state index in [1.54, 1.807) is 30.1 Å². The number of rotatable bonds is 3. The van der Waals surface area contributed by atoms with Crippen molar-refractivity contribution >= 4 is 39.3 Å². The van der Waals surface area contributed by atoms with Gasteiger partial charge in [0.1, 0.15) is 22.8 Å². The van der Waals surface area contributed by atoms with Gasteiger partial charge in [0.2, 0.25) is 5.82 Å². The Balaban J connectivity index is 1.32. The van der Waals surface area contributed by atoms with E-state index in [-0.39, 0.29) is 22.5 Å². The van der Waals surface area contributed by atoms with E-state index in [1.165, 1.54) is 0 Å². The van der Waals surface area contributed by atoms with Crippen LogP contribution in [0.4, 0.5) is 10.2 Å². The maximum absolute atomic E-state index is 16.7. The molecule has 0 radical (unpaired) electrons. The van der Waals surface area contributed by atoms with E-state index in [1.807, 2.05) is 24.5 Å². The van der Waals surface area contributed by atoms with Crippen molar-refractivity contribution in [2.24, 2.45) is 0 Å². The van der Waals surface area contributed by atoms with Crippen LogP contribution in [-0.2, 0) is 0 Å². The summed E-state index contributed by atoms with van der Waals surface area (Å²) in [6.45, 7) is 3.79. The van der Waals surface area contributed by atoms with Crippen LogP contribution >= 0.6 is 11.8 Å². The van der Waals surface area contributed by atoms with E-state index in [2.05, 4.69) is 31.9 Å². The third kappa shape index (κ3) is 4.07. The first-order valence-electron chi connectivity index (χ1n) is 14.5. The molecule has 2 bridgehead atoms. The number of piperidine rings is 1. The first kappa shape index (κ1) is 25.3. The Labute approximate surface area is 242 Å². The van der Waals surface area contributed by atoms with E-state index >= 15 is 4.39 Å². The van der Waals surface area contributed by atoms with Crippen LogP contribution in [0.2, 0.25) is 0 Å². The summed E-state index contributed by atoms with van der Waals surface area (Å²) in [5.74, 6) is 7.45. The zero-order valence-electron chi connectivity index (χ0n) is 23.0. The summed E-state index contributed by atoms with van der Waals surface area (Å²) in [6, 6.07) is 10.0. The van der Waals surface area contributed by atoms with Crippen molar-refractivity contribution in [2.45, 2.75) is 54.6 Å². The van der Waals surface area contributed by atoms with Gasteiger partial charge in [-0.25, -0.2) is 14.4 Å². The zero-order chi connectivity index (χ0) is 27.7. The number of phenolic OH excluding ortho intramolecular Hbond substituents is 1. The zero-order valence-corrected chi connectivity index (χ0v) is 23.8. The van der Waals surface area contributed by atoms with Crippen molar-refractivity contribution in [3.05, 3.63) is 48.2 Å². The lowest BCUT2D eigenvalue weighted by atomic mass is 9.91. The topological polar surface area (TPSA) is 77.4 Å². The van der Waals surface area contributed by atoms with Crippen LogP contribution in [0.15, 0.2) is 41.4 Å². The Kier molecular flexibility index (Phi) is 5.89. The Bertz CT molecular complexity index is 1760. The summed E-state index contributed by atoms with van der Waals surface area (Å²) in [5, 5.41) is 16.4. The minimum atomic E-state index is -0.515. The predicted molar refractivity (Wildman–Crippen MR) is 161 cm³/mol. The quantitative estimate of drug-likeness (QED) is 0.267. The molecular formula is C32H31FN6OS. The molecule has 5 aliphatic rings. The summed E-state index contributed by atoms with van der Waals surface area (Å²) in [4.78, 5) is 20.0. The van der Waals surface area contributed by atoms with Crippen LogP contribution in [0.1, 0.15) is 37.9 Å². The van der Waals surface area contributed by atoms with Crippen molar-refractivity contribution < 1.29 is 9.50 Å². The molecule has 0 amide bonds. The number of aromatic hydroxyl groups is 1. The number of thioether (sulfide) groups is 1. The maximum Gasteiger partial charge on any atom is 0.207 e. The molecule has 9 heteroatoms. The normalized spacial score (nSPS) is 22.9. The second-order valence-corrected chi connectivity index (χ2v) is 12.6. The van der Waals surface area contributed by atoms with Crippen LogP contribution in [0.25, 0.3) is 32.9 Å². The Hall–Kier alpha value is -3.45. The first-order valence-corrected chi connectivity index (χ1v) is 15.7. The minimum Gasteiger partial charge on any atom is -0.508 e. The molecule has 5 aliphatic heterocycles. The average Bonchev–Trinajstić information content (AvgIpc) is 3.56. The van der Waals surface area contributed by atoms with E-state index in [0.717, 1.165) is 74.0 Å². The fraction of sp³-hybridized carbons (Fsp3) is 0.406. The Morgan fingerprint density at radius 3 is 2.66 bits per heavy atom. The lowest BCUT2D eigenvalue weighted by Crippen LogP contribution is -2.67. The molecule has 2 aromatic heterocycles. The molecule has 4 aromatic rings. The lowest BCUT2D eigenvalue weighted by Gasteiger charge is -2.48. The van der Waals surface area contributed by atoms with E-state index < -0.39 is 5.82 Å². The summed E-state index contributed by atoms with van der Waals surface area (Å²) in [5.41, 5.74) is 0.836. The van der Waals surface area contributed by atoms with Crippen molar-refractivity contribution in [1.29, 1.82) is 0 Å². The molecule has 41 heavy (non-hydrogen) atoms. The fourth-order valence-electron chi connectivity index (χ4n) is 7.43. The van der Waals surface area contributed by atoms with Gasteiger partial charge in [0, 0.05) is 47.2 Å². The van der Waals surface area contributed by atoms with Gasteiger partial charge < -0.3 is 15.3 Å². The van der Waals surface area contributed by atoms with Crippen LogP contribution < -0.4 is 10.2 Å². The fourth-order valence-corrected chi connectivity index (χ4v) is 8.08. The predicted octanol–water partition coefficient (Wildman–Crippen LogP) is 4.94. The molecule has 2 atom stereocenters. The van der Waals surface area contributed by atoms with Gasteiger partial charge in [0.05, 0.1) is 10.9 Å². The van der Waals surface area contributed by atoms with Gasteiger partial charge in [-0.3, -0.25) is 9.88 Å². The van der Waals surface area contributed by atoms with Crippen molar-refractivity contribution in [2.75, 3.05) is 37.3 Å². The van der Waals surface area contributed by atoms with E-state index in [9.17, 15) is 5.11 Å². The van der Waals surface area contributed by atoms with Gasteiger partial charge >= 0.3 is 0 Å². The van der Waals surface area contributed by atoms with E-state index in [0.29, 0.717) is 34.7 Å². The molecule has 0 aliphatic carbocycles. The average molecular weight is 567 g/mol. The summed E-state index contributed by atoms with van der Waals surface area (Å²) < 4.78 is 16.7. The van der Waals surface area contributed by atoms with Crippen LogP contribution in [-0.4, -0.2) is 75.0 Å². The number of anilines is 1. The number of phenols is 1. The molecule has 2 N–H and O–H groups in total. The lowest BCUT2D eigenvalue weighted by molar-refractivity contribution is 0.225. The molecule has 0 spiro atoms. The van der Waals surface area contributed by atoms with Gasteiger partial charge in [0.25, 0.3) is 0 Å². The molecule has 1 unspecified atom stereocenters. The number of hydrogen-bond donors (Lipinski definition) is 2. The SMILES string of the molecule is CSc1cccc2cc(O)cc(-c3ncc4c(N5CC6C[C@@H](C5)N6)nc(C#CC56CCCN5CCC6)nc4c3F)c12. The number of nitrogens with one attached hydrogen (secondary N) is 1. The van der Waals surface area contributed by atoms with Crippen LogP contribution in [0, 0.1) is 17.7 Å². The molecule has 9 rings (SSSR count). The standard InChI is InChI=1S/C32H31FN6OS/c1-41-25-6-2-5-19-13-22(40)15-23(27(19)25)29-28(33)30-24(16-34-29)31(38-17-20-14-21(18-38)35-20)37-26(36-30)7-10-32-8-3-11-39(32)12-4-9-32/h2,5-6,13,15-16,20-21,35,40H,3-4,8-9,11-12,14,17-18H2,1H3/t20-,21?/m0/s1. The molecule has 208 valence electrons. The highest BCUT2D eigenvalue weighted by atomic mass is 32.2. The molecule has 5 fully saturated rings. The first-order chi connectivity index (χ1) is 20.0. The second-order valence-electron chi connectivity index (χ2n) is 11.8. The number of hydrogen-bond acceptors (Lipinski definition) is 8. The van der Waals surface area contributed by atoms with Crippen molar-refractivity contribution in [1.82, 2.24) is 25.2 Å². The summed E-state index contributed by atoms with van der Waals surface area (Å²) in [7, 11) is 0. The molecule has 2 aromatic carbocycles. The molecule has 7 nitrogen and oxygen atoms in total. The highest BCUT2D eigenvalue weighted by molar-refractivity contribution is 7.98. The smallest absolute Gasteiger partial charge is 0.207 e. The number of benzene rings is 2. The van der Waals surface area contributed by atoms with Crippen LogP contribution in [0.3, 0.4) is 0 Å². The number of nitrogens with zero attached hydrogens (tertiary/aromatic N) is 5. The number of fused-ring (bicyclic) bond motifs is 5. The third-order valence-electron chi connectivity index (χ3n) is 9.33. The van der Waals surface area contributed by atoms with Gasteiger partial charge in [-0.15, -0.1) is 11.8 Å². The minimum absolute atomic E-state index is 0.0685. The number of piperazine rings is 1. The Morgan fingerprint density at radius 2 is 1.90 bits per heavy atom. The largest absolute Gasteiger partial charge is 0.508 e. The monoisotopic (exact) mass is 566 g/mol. The summed E-state index contributed by atoms with van der Waals surface area (Å²) >= 11 is 1.58. The van der Waals surface area contributed by atoms with Gasteiger partial charge in [-0.05, 0) is 81.0 Å². The number of aromatic nitrogens is 3. The maximum atomic E-state index is 16.7. The molecule has 5 saturated heterocycles. The van der Waals surface area contributed by atoms with E-state index in [4.69, 9.17) is 9.97 Å². The van der Waals surface area contributed by atoms with Gasteiger partial charge in [-0.1, -0.05) is 18.1 Å². The van der Waals surface area contributed by atoms with Gasteiger partial charge in [0.15, 0.2) is 5.82 Å². The highest BCUT2D eigenvalue weighted by Crippen LogP contribution is 2.41. The third-order valence-corrected chi connectivity index (χ3v) is 10.1. The number of pyridine rings is 1.